The maximum absolute atomic E-state index is 14.2. The number of guanidine groups is 1. The van der Waals surface area contributed by atoms with Crippen LogP contribution >= 0.6 is 27.5 Å². The number of halogens is 3. The molecule has 3 nitrogen and oxygen atoms in total. The first-order chi connectivity index (χ1) is 10.1. The van der Waals surface area contributed by atoms with E-state index in [-0.39, 0.29) is 11.9 Å². The first-order valence-corrected chi connectivity index (χ1v) is 7.53. The summed E-state index contributed by atoms with van der Waals surface area (Å²) in [4.78, 5) is 6.08. The molecule has 0 saturated heterocycles. The average molecular weight is 369 g/mol. The molecule has 2 aromatic carbocycles. The Labute approximate surface area is 135 Å². The zero-order valence-corrected chi connectivity index (χ0v) is 13.3. The number of aliphatic imine (C=N–C) groups is 1. The molecule has 1 aliphatic heterocycles. The molecule has 21 heavy (non-hydrogen) atoms. The minimum absolute atomic E-state index is 0.261. The van der Waals surface area contributed by atoms with Gasteiger partial charge in [0.2, 0.25) is 0 Å². The van der Waals surface area contributed by atoms with Crippen LogP contribution in [0.15, 0.2) is 51.9 Å². The van der Waals surface area contributed by atoms with Crippen molar-refractivity contribution in [2.45, 2.75) is 6.04 Å². The van der Waals surface area contributed by atoms with Gasteiger partial charge in [0.15, 0.2) is 5.96 Å². The number of rotatable bonds is 2. The van der Waals surface area contributed by atoms with Crippen molar-refractivity contribution >= 4 is 39.2 Å². The maximum Gasteiger partial charge on any atom is 0.196 e. The van der Waals surface area contributed by atoms with Gasteiger partial charge >= 0.3 is 0 Å². The van der Waals surface area contributed by atoms with Crippen LogP contribution in [0.4, 0.5) is 10.1 Å². The van der Waals surface area contributed by atoms with Crippen LogP contribution in [0.3, 0.4) is 0 Å². The molecule has 3 rings (SSSR count). The van der Waals surface area contributed by atoms with Crippen LogP contribution in [-0.2, 0) is 0 Å². The lowest BCUT2D eigenvalue weighted by atomic mass is 10.0. The first kappa shape index (κ1) is 14.4. The number of hydrogen-bond acceptors (Lipinski definition) is 3. The standard InChI is InChI=1S/C15H12BrClFN3/c16-9-1-4-11(5-2-9)21-14(8-20-15(21)19)12-6-3-10(17)7-13(12)18/h1-7,14H,8H2,(H2,19,20). The monoisotopic (exact) mass is 367 g/mol. The average Bonchev–Trinajstić information content (AvgIpc) is 2.82. The van der Waals surface area contributed by atoms with E-state index in [1.807, 2.05) is 29.2 Å². The van der Waals surface area contributed by atoms with Crippen LogP contribution in [0.5, 0.6) is 0 Å². The third-order valence-electron chi connectivity index (χ3n) is 3.41. The van der Waals surface area contributed by atoms with Crippen molar-refractivity contribution in [1.29, 1.82) is 0 Å². The molecule has 0 amide bonds. The van der Waals surface area contributed by atoms with Crippen molar-refractivity contribution in [2.24, 2.45) is 10.7 Å². The minimum atomic E-state index is -0.348. The summed E-state index contributed by atoms with van der Waals surface area (Å²) in [5, 5.41) is 0.373. The molecule has 0 aliphatic carbocycles. The van der Waals surface area contributed by atoms with Crippen LogP contribution < -0.4 is 10.6 Å². The number of benzene rings is 2. The molecule has 1 heterocycles. The van der Waals surface area contributed by atoms with Crippen LogP contribution in [0.1, 0.15) is 11.6 Å². The fourth-order valence-corrected chi connectivity index (χ4v) is 2.84. The molecular formula is C15H12BrClFN3. The zero-order chi connectivity index (χ0) is 15.0. The Bertz CT molecular complexity index is 703. The zero-order valence-electron chi connectivity index (χ0n) is 10.9. The van der Waals surface area contributed by atoms with Crippen molar-refractivity contribution in [2.75, 3.05) is 11.4 Å². The summed E-state index contributed by atoms with van der Waals surface area (Å²) in [5.41, 5.74) is 7.38. The number of anilines is 1. The molecule has 6 heteroatoms. The Morgan fingerprint density at radius 1 is 1.24 bits per heavy atom. The van der Waals surface area contributed by atoms with Crippen molar-refractivity contribution < 1.29 is 4.39 Å². The fourth-order valence-electron chi connectivity index (χ4n) is 2.42. The molecule has 0 radical (unpaired) electrons. The van der Waals surface area contributed by atoms with Crippen LogP contribution in [0.25, 0.3) is 0 Å². The summed E-state index contributed by atoms with van der Waals surface area (Å²) in [7, 11) is 0. The van der Waals surface area contributed by atoms with Crippen LogP contribution in [0, 0.1) is 5.82 Å². The SMILES string of the molecule is NC1=NCC(c2ccc(Cl)cc2F)N1c1ccc(Br)cc1. The summed E-state index contributed by atoms with van der Waals surface area (Å²) in [5.74, 6) is 0.0381. The first-order valence-electron chi connectivity index (χ1n) is 6.36. The quantitative estimate of drug-likeness (QED) is 0.866. The van der Waals surface area contributed by atoms with E-state index in [1.165, 1.54) is 6.07 Å². The van der Waals surface area contributed by atoms with Gasteiger partial charge in [-0.3, -0.25) is 4.99 Å². The molecule has 0 aromatic heterocycles. The molecule has 1 aliphatic rings. The van der Waals surface area contributed by atoms with Gasteiger partial charge in [-0.15, -0.1) is 0 Å². The fraction of sp³-hybridized carbons (Fsp3) is 0.133. The number of nitrogens with two attached hydrogens (primary N) is 1. The maximum atomic E-state index is 14.2. The summed E-state index contributed by atoms with van der Waals surface area (Å²) >= 11 is 9.21. The second kappa shape index (κ2) is 5.66. The van der Waals surface area contributed by atoms with Gasteiger partial charge in [-0.1, -0.05) is 33.6 Å². The Morgan fingerprint density at radius 3 is 2.62 bits per heavy atom. The summed E-state index contributed by atoms with van der Waals surface area (Å²) < 4.78 is 15.1. The molecule has 0 bridgehead atoms. The van der Waals surface area contributed by atoms with Gasteiger partial charge in [-0.05, 0) is 36.4 Å². The lowest BCUT2D eigenvalue weighted by molar-refractivity contribution is 0.589. The summed E-state index contributed by atoms with van der Waals surface area (Å²) in [6.07, 6.45) is 0. The molecule has 1 unspecified atom stereocenters. The van der Waals surface area contributed by atoms with Gasteiger partial charge in [-0.25, -0.2) is 4.39 Å². The Kier molecular flexibility index (Phi) is 3.87. The molecule has 2 aromatic rings. The highest BCUT2D eigenvalue weighted by Crippen LogP contribution is 2.33. The predicted octanol–water partition coefficient (Wildman–Crippen LogP) is 4.12. The Balaban J connectivity index is 2.00. The lowest BCUT2D eigenvalue weighted by Crippen LogP contribution is -2.36. The van der Waals surface area contributed by atoms with Crippen LogP contribution in [-0.4, -0.2) is 12.5 Å². The Morgan fingerprint density at radius 2 is 1.95 bits per heavy atom. The second-order valence-corrected chi connectivity index (χ2v) is 6.08. The van der Waals surface area contributed by atoms with E-state index >= 15 is 0 Å². The van der Waals surface area contributed by atoms with Crippen molar-refractivity contribution in [3.05, 3.63) is 63.3 Å². The number of hydrogen-bond donors (Lipinski definition) is 1. The molecule has 0 spiro atoms. The molecule has 0 fully saturated rings. The van der Waals surface area contributed by atoms with Gasteiger partial charge in [0.25, 0.3) is 0 Å². The third-order valence-corrected chi connectivity index (χ3v) is 4.17. The number of nitrogens with zero attached hydrogens (tertiary/aromatic N) is 2. The largest absolute Gasteiger partial charge is 0.369 e. The molecule has 1 atom stereocenters. The Hall–Kier alpha value is -1.59. The highest BCUT2D eigenvalue weighted by Gasteiger charge is 2.30. The van der Waals surface area contributed by atoms with E-state index in [4.69, 9.17) is 17.3 Å². The van der Waals surface area contributed by atoms with Crippen molar-refractivity contribution in [1.82, 2.24) is 0 Å². The van der Waals surface area contributed by atoms with Gasteiger partial charge in [0.05, 0.1) is 12.6 Å². The normalized spacial score (nSPS) is 18.0. The van der Waals surface area contributed by atoms with Gasteiger partial charge in [0.1, 0.15) is 5.82 Å². The van der Waals surface area contributed by atoms with Gasteiger partial charge in [-0.2, -0.15) is 0 Å². The highest BCUT2D eigenvalue weighted by molar-refractivity contribution is 9.10. The van der Waals surface area contributed by atoms with E-state index in [9.17, 15) is 4.39 Å². The topological polar surface area (TPSA) is 41.6 Å². The predicted molar refractivity (Wildman–Crippen MR) is 87.3 cm³/mol. The molecular weight excluding hydrogens is 357 g/mol. The molecule has 2 N–H and O–H groups in total. The molecule has 108 valence electrons. The van der Waals surface area contributed by atoms with E-state index in [2.05, 4.69) is 20.9 Å². The van der Waals surface area contributed by atoms with E-state index in [0.717, 1.165) is 10.2 Å². The smallest absolute Gasteiger partial charge is 0.196 e. The van der Waals surface area contributed by atoms with Gasteiger partial charge < -0.3 is 10.6 Å². The van der Waals surface area contributed by atoms with Gasteiger partial charge in [0, 0.05) is 20.7 Å². The van der Waals surface area contributed by atoms with E-state index in [1.54, 1.807) is 12.1 Å². The highest BCUT2D eigenvalue weighted by atomic mass is 79.9. The van der Waals surface area contributed by atoms with E-state index < -0.39 is 0 Å². The second-order valence-electron chi connectivity index (χ2n) is 4.73. The van der Waals surface area contributed by atoms with Crippen molar-refractivity contribution in [3.8, 4) is 0 Å². The third kappa shape index (κ3) is 2.76. The summed E-state index contributed by atoms with van der Waals surface area (Å²) in [6, 6.07) is 12.1. The van der Waals surface area contributed by atoms with Crippen LogP contribution in [0.2, 0.25) is 5.02 Å². The lowest BCUT2D eigenvalue weighted by Gasteiger charge is -2.27. The minimum Gasteiger partial charge on any atom is -0.369 e. The summed E-state index contributed by atoms with van der Waals surface area (Å²) in [6.45, 7) is 0.417. The van der Waals surface area contributed by atoms with E-state index in [0.29, 0.717) is 23.1 Å². The molecule has 0 saturated carbocycles. The van der Waals surface area contributed by atoms with Crippen molar-refractivity contribution in [3.63, 3.8) is 0 Å².